The Balaban J connectivity index is 1.64. The molecule has 0 saturated heterocycles. The maximum Gasteiger partial charge on any atom is 0.272 e. The molecule has 1 aliphatic heterocycles. The van der Waals surface area contributed by atoms with E-state index in [2.05, 4.69) is 59.8 Å². The minimum absolute atomic E-state index is 0.0431. The third-order valence-electron chi connectivity index (χ3n) is 3.97. The van der Waals surface area contributed by atoms with Gasteiger partial charge in [0.15, 0.2) is 0 Å². The van der Waals surface area contributed by atoms with Crippen LogP contribution in [0.15, 0.2) is 24.3 Å². The predicted molar refractivity (Wildman–Crippen MR) is 85.4 cm³/mol. The van der Waals surface area contributed by atoms with Crippen molar-refractivity contribution < 1.29 is 4.79 Å². The molecule has 0 atom stereocenters. The van der Waals surface area contributed by atoms with Gasteiger partial charge in [0.2, 0.25) is 0 Å². The van der Waals surface area contributed by atoms with Crippen molar-refractivity contribution in [2.24, 2.45) is 0 Å². The van der Waals surface area contributed by atoms with Gasteiger partial charge >= 0.3 is 0 Å². The molecule has 5 heteroatoms. The third kappa shape index (κ3) is 3.04. The normalized spacial score (nSPS) is 14.0. The van der Waals surface area contributed by atoms with E-state index in [0.717, 1.165) is 24.3 Å². The molecule has 0 spiro atoms. The molecule has 0 saturated carbocycles. The smallest absolute Gasteiger partial charge is 0.272 e. The standard InChI is InChI=1S/C17H22N4O/c1-17(2,3)15-7-14(20-21-15)16(22)19-8-11-4-5-12-9-18-10-13(12)6-11/h4-7,18H,8-10H2,1-3H3,(H,19,22)(H,20,21). The lowest BCUT2D eigenvalue weighted by Gasteiger charge is -2.14. The fourth-order valence-corrected chi connectivity index (χ4v) is 2.55. The number of rotatable bonds is 3. The van der Waals surface area contributed by atoms with Crippen LogP contribution in [0.5, 0.6) is 0 Å². The molecule has 3 rings (SSSR count). The second-order valence-corrected chi connectivity index (χ2v) is 6.81. The number of H-pyrrole nitrogens is 1. The molecule has 2 heterocycles. The zero-order valence-electron chi connectivity index (χ0n) is 13.3. The van der Waals surface area contributed by atoms with E-state index in [1.165, 1.54) is 11.1 Å². The van der Waals surface area contributed by atoms with E-state index >= 15 is 0 Å². The van der Waals surface area contributed by atoms with Crippen LogP contribution in [-0.4, -0.2) is 16.1 Å². The fraction of sp³-hybridized carbons (Fsp3) is 0.412. The summed E-state index contributed by atoms with van der Waals surface area (Å²) in [5.41, 5.74) is 5.13. The Bertz CT molecular complexity index is 697. The van der Waals surface area contributed by atoms with E-state index < -0.39 is 0 Å². The lowest BCUT2D eigenvalue weighted by atomic mass is 9.92. The van der Waals surface area contributed by atoms with Crippen LogP contribution in [0, 0.1) is 0 Å². The average Bonchev–Trinajstić information content (AvgIpc) is 3.12. The van der Waals surface area contributed by atoms with Crippen molar-refractivity contribution in [3.8, 4) is 0 Å². The summed E-state index contributed by atoms with van der Waals surface area (Å²) in [6.07, 6.45) is 0. The molecular formula is C17H22N4O. The first kappa shape index (κ1) is 14.8. The Hall–Kier alpha value is -2.14. The molecule has 1 aromatic heterocycles. The zero-order valence-corrected chi connectivity index (χ0v) is 13.3. The highest BCUT2D eigenvalue weighted by molar-refractivity contribution is 5.92. The van der Waals surface area contributed by atoms with Crippen molar-refractivity contribution in [1.82, 2.24) is 20.8 Å². The van der Waals surface area contributed by atoms with Gasteiger partial charge in [0, 0.05) is 30.7 Å². The minimum atomic E-state index is -0.148. The predicted octanol–water partition coefficient (Wildman–Crippen LogP) is 2.24. The molecule has 0 unspecified atom stereocenters. The van der Waals surface area contributed by atoms with Crippen molar-refractivity contribution in [2.45, 2.75) is 45.8 Å². The Morgan fingerprint density at radius 1 is 1.23 bits per heavy atom. The van der Waals surface area contributed by atoms with Crippen LogP contribution in [0.3, 0.4) is 0 Å². The number of carbonyl (C=O) groups is 1. The molecule has 1 aromatic carbocycles. The molecule has 0 bridgehead atoms. The van der Waals surface area contributed by atoms with E-state index in [-0.39, 0.29) is 11.3 Å². The van der Waals surface area contributed by atoms with Gasteiger partial charge < -0.3 is 10.6 Å². The first-order valence-electron chi connectivity index (χ1n) is 7.59. The van der Waals surface area contributed by atoms with Crippen molar-refractivity contribution in [1.29, 1.82) is 0 Å². The van der Waals surface area contributed by atoms with Gasteiger partial charge in [-0.25, -0.2) is 0 Å². The number of hydrogen-bond donors (Lipinski definition) is 3. The van der Waals surface area contributed by atoms with Crippen LogP contribution in [-0.2, 0) is 25.0 Å². The van der Waals surface area contributed by atoms with Gasteiger partial charge in [-0.05, 0) is 22.8 Å². The molecule has 22 heavy (non-hydrogen) atoms. The van der Waals surface area contributed by atoms with Crippen LogP contribution >= 0.6 is 0 Å². The van der Waals surface area contributed by atoms with Gasteiger partial charge in [-0.1, -0.05) is 39.0 Å². The van der Waals surface area contributed by atoms with Gasteiger partial charge in [-0.15, -0.1) is 0 Å². The van der Waals surface area contributed by atoms with Crippen molar-refractivity contribution in [2.75, 3.05) is 0 Å². The number of aromatic nitrogens is 2. The topological polar surface area (TPSA) is 69.8 Å². The molecule has 5 nitrogen and oxygen atoms in total. The fourth-order valence-electron chi connectivity index (χ4n) is 2.55. The van der Waals surface area contributed by atoms with E-state index in [1.54, 1.807) is 0 Å². The van der Waals surface area contributed by atoms with Gasteiger partial charge in [-0.3, -0.25) is 9.89 Å². The van der Waals surface area contributed by atoms with Crippen molar-refractivity contribution in [3.63, 3.8) is 0 Å². The number of aromatic amines is 1. The molecule has 2 aromatic rings. The number of nitrogens with one attached hydrogen (secondary N) is 3. The van der Waals surface area contributed by atoms with Crippen LogP contribution in [0.2, 0.25) is 0 Å². The number of carbonyl (C=O) groups excluding carboxylic acids is 1. The van der Waals surface area contributed by atoms with Crippen LogP contribution in [0.4, 0.5) is 0 Å². The monoisotopic (exact) mass is 298 g/mol. The first-order chi connectivity index (χ1) is 10.4. The summed E-state index contributed by atoms with van der Waals surface area (Å²) in [5, 5.41) is 13.3. The highest BCUT2D eigenvalue weighted by atomic mass is 16.1. The summed E-state index contributed by atoms with van der Waals surface area (Å²) in [7, 11) is 0. The van der Waals surface area contributed by atoms with Crippen molar-refractivity contribution in [3.05, 3.63) is 52.3 Å². The molecular weight excluding hydrogens is 276 g/mol. The number of fused-ring (bicyclic) bond motifs is 1. The SMILES string of the molecule is CC(C)(C)c1cc(C(=O)NCc2ccc3c(c2)CNC3)n[nH]1. The van der Waals surface area contributed by atoms with Gasteiger partial charge in [-0.2, -0.15) is 5.10 Å². The van der Waals surface area contributed by atoms with E-state index in [4.69, 9.17) is 0 Å². The quantitative estimate of drug-likeness (QED) is 0.814. The lowest BCUT2D eigenvalue weighted by molar-refractivity contribution is 0.0946. The van der Waals surface area contributed by atoms with Crippen molar-refractivity contribution >= 4 is 5.91 Å². The average molecular weight is 298 g/mol. The number of nitrogens with zero attached hydrogens (tertiary/aromatic N) is 1. The summed E-state index contributed by atoms with van der Waals surface area (Å²) in [6.45, 7) is 8.61. The maximum absolute atomic E-state index is 12.2. The van der Waals surface area contributed by atoms with Crippen LogP contribution < -0.4 is 10.6 Å². The summed E-state index contributed by atoms with van der Waals surface area (Å²) < 4.78 is 0. The Morgan fingerprint density at radius 3 is 2.73 bits per heavy atom. The Labute approximate surface area is 130 Å². The highest BCUT2D eigenvalue weighted by Crippen LogP contribution is 2.20. The molecule has 0 aliphatic carbocycles. The molecule has 1 amide bonds. The van der Waals surface area contributed by atoms with Crippen LogP contribution in [0.25, 0.3) is 0 Å². The van der Waals surface area contributed by atoms with Gasteiger partial charge in [0.05, 0.1) is 0 Å². The summed E-state index contributed by atoms with van der Waals surface area (Å²) >= 11 is 0. The third-order valence-corrected chi connectivity index (χ3v) is 3.97. The summed E-state index contributed by atoms with van der Waals surface area (Å²) in [6, 6.07) is 8.17. The van der Waals surface area contributed by atoms with Crippen LogP contribution in [0.1, 0.15) is 53.6 Å². The summed E-state index contributed by atoms with van der Waals surface area (Å²) in [5.74, 6) is -0.148. The lowest BCUT2D eigenvalue weighted by Crippen LogP contribution is -2.23. The minimum Gasteiger partial charge on any atom is -0.347 e. The molecule has 0 fully saturated rings. The zero-order chi connectivity index (χ0) is 15.7. The molecule has 116 valence electrons. The maximum atomic E-state index is 12.2. The first-order valence-corrected chi connectivity index (χ1v) is 7.59. The number of amides is 1. The van der Waals surface area contributed by atoms with E-state index in [1.807, 2.05) is 6.07 Å². The Morgan fingerprint density at radius 2 is 2.00 bits per heavy atom. The summed E-state index contributed by atoms with van der Waals surface area (Å²) in [4.78, 5) is 12.2. The second kappa shape index (κ2) is 5.57. The molecule has 3 N–H and O–H groups in total. The second-order valence-electron chi connectivity index (χ2n) is 6.81. The molecule has 1 aliphatic rings. The van der Waals surface area contributed by atoms with Gasteiger partial charge in [0.1, 0.15) is 5.69 Å². The van der Waals surface area contributed by atoms with Gasteiger partial charge in [0.25, 0.3) is 5.91 Å². The Kier molecular flexibility index (Phi) is 3.74. The van der Waals surface area contributed by atoms with E-state index in [0.29, 0.717) is 12.2 Å². The van der Waals surface area contributed by atoms with E-state index in [9.17, 15) is 4.79 Å². The largest absolute Gasteiger partial charge is 0.347 e. The number of benzene rings is 1. The highest BCUT2D eigenvalue weighted by Gasteiger charge is 2.19. The molecule has 0 radical (unpaired) electrons. The number of hydrogen-bond acceptors (Lipinski definition) is 3.